The molecule has 0 unspecified atom stereocenters. The molecular formula is C59H34N4OS. The van der Waals surface area contributed by atoms with E-state index in [9.17, 15) is 0 Å². The van der Waals surface area contributed by atoms with E-state index in [1.807, 2.05) is 18.2 Å². The summed E-state index contributed by atoms with van der Waals surface area (Å²) in [5, 5.41) is 11.4. The average Bonchev–Trinajstić information content (AvgIpc) is 4.05. The lowest BCUT2D eigenvalue weighted by molar-refractivity contribution is 0.669. The molecule has 10 aromatic carbocycles. The second-order valence-electron chi connectivity index (χ2n) is 16.7. The molecule has 14 aromatic rings. The van der Waals surface area contributed by atoms with Gasteiger partial charge in [0.25, 0.3) is 0 Å². The van der Waals surface area contributed by atoms with Gasteiger partial charge in [-0.05, 0) is 87.3 Å². The van der Waals surface area contributed by atoms with E-state index in [1.54, 1.807) is 11.3 Å². The molecule has 0 aliphatic rings. The predicted molar refractivity (Wildman–Crippen MR) is 271 cm³/mol. The standard InChI is InChI=1S/C59H34N4OS/c1-2-14-35(15-3-1)37-19-12-20-40(32-37)57-60-58(44-24-13-27-52-54(44)43-23-9-11-26-51(43)65-52)62-59(61-57)56-47(30-31-50-55(56)42-22-8-10-25-49(42)64-50)63-46-29-28-36-16-6-7-21-41(36)53(46)45-33-38-17-4-5-18-39(38)34-48(45)63/h1-34H. The van der Waals surface area contributed by atoms with Crippen LogP contribution in [0.15, 0.2) is 211 Å². The van der Waals surface area contributed by atoms with Crippen molar-refractivity contribution in [3.63, 3.8) is 0 Å². The number of para-hydroxylation sites is 1. The molecule has 4 aromatic heterocycles. The Balaban J connectivity index is 1.14. The smallest absolute Gasteiger partial charge is 0.166 e. The van der Waals surface area contributed by atoms with E-state index >= 15 is 0 Å². The molecule has 14 rings (SSSR count). The summed E-state index contributed by atoms with van der Waals surface area (Å²) in [4.78, 5) is 16.6. The number of rotatable bonds is 5. The first kappa shape index (κ1) is 36.1. The maximum atomic E-state index is 6.69. The van der Waals surface area contributed by atoms with Gasteiger partial charge in [0.15, 0.2) is 17.5 Å². The molecule has 0 bridgehead atoms. The van der Waals surface area contributed by atoms with Crippen molar-refractivity contribution in [1.82, 2.24) is 19.5 Å². The van der Waals surface area contributed by atoms with Gasteiger partial charge in [-0.15, -0.1) is 11.3 Å². The second kappa shape index (κ2) is 14.0. The highest BCUT2D eigenvalue weighted by atomic mass is 32.1. The minimum Gasteiger partial charge on any atom is -0.456 e. The van der Waals surface area contributed by atoms with E-state index in [-0.39, 0.29) is 0 Å². The van der Waals surface area contributed by atoms with Crippen LogP contribution in [0.5, 0.6) is 0 Å². The highest BCUT2D eigenvalue weighted by Gasteiger charge is 2.26. The summed E-state index contributed by atoms with van der Waals surface area (Å²) < 4.78 is 11.5. The minimum atomic E-state index is 0.565. The Morgan fingerprint density at radius 1 is 0.369 bits per heavy atom. The molecule has 0 aliphatic carbocycles. The largest absolute Gasteiger partial charge is 0.456 e. The number of benzene rings is 10. The summed E-state index contributed by atoms with van der Waals surface area (Å²) in [5.41, 5.74) is 9.68. The topological polar surface area (TPSA) is 56.7 Å². The lowest BCUT2D eigenvalue weighted by atomic mass is 10.0. The number of furan rings is 1. The molecule has 0 fully saturated rings. The highest BCUT2D eigenvalue weighted by Crippen LogP contribution is 2.46. The Labute approximate surface area is 376 Å². The third-order valence-corrected chi connectivity index (χ3v) is 14.2. The van der Waals surface area contributed by atoms with Crippen LogP contribution in [0.4, 0.5) is 0 Å². The number of aromatic nitrogens is 4. The molecule has 0 spiro atoms. The van der Waals surface area contributed by atoms with Gasteiger partial charge in [0.1, 0.15) is 11.2 Å². The van der Waals surface area contributed by atoms with Crippen LogP contribution in [-0.4, -0.2) is 19.5 Å². The molecule has 4 heterocycles. The van der Waals surface area contributed by atoms with E-state index in [2.05, 4.69) is 193 Å². The molecule has 0 aliphatic heterocycles. The summed E-state index contributed by atoms with van der Waals surface area (Å²) in [6, 6.07) is 73.2. The van der Waals surface area contributed by atoms with Crippen molar-refractivity contribution in [2.24, 2.45) is 0 Å². The maximum Gasteiger partial charge on any atom is 0.166 e. The predicted octanol–water partition coefficient (Wildman–Crippen LogP) is 16.2. The van der Waals surface area contributed by atoms with Crippen LogP contribution in [-0.2, 0) is 0 Å². The van der Waals surface area contributed by atoms with Crippen molar-refractivity contribution in [1.29, 1.82) is 0 Å². The van der Waals surface area contributed by atoms with Gasteiger partial charge < -0.3 is 8.98 Å². The Bertz CT molecular complexity index is 4260. The van der Waals surface area contributed by atoms with Crippen LogP contribution >= 0.6 is 11.3 Å². The molecule has 6 heteroatoms. The van der Waals surface area contributed by atoms with Crippen LogP contribution in [0.2, 0.25) is 0 Å². The summed E-state index contributed by atoms with van der Waals surface area (Å²) in [5.74, 6) is 1.77. The van der Waals surface area contributed by atoms with E-state index in [4.69, 9.17) is 19.4 Å². The van der Waals surface area contributed by atoms with Gasteiger partial charge in [-0.25, -0.2) is 15.0 Å². The summed E-state index contributed by atoms with van der Waals surface area (Å²) in [6.45, 7) is 0. The molecule has 302 valence electrons. The van der Waals surface area contributed by atoms with Gasteiger partial charge in [0.05, 0.1) is 22.3 Å². The Morgan fingerprint density at radius 2 is 1.05 bits per heavy atom. The normalized spacial score (nSPS) is 12.0. The first-order valence-corrected chi connectivity index (χ1v) is 22.7. The molecule has 5 nitrogen and oxygen atoms in total. The SMILES string of the molecule is c1ccc(-c2cccc(-c3nc(-c4c(-n5c6cc7ccccc7cc6c6c7ccccc7ccc65)ccc5oc6ccccc6c45)nc(-c4cccc5sc6ccccc6c45)n3)c2)cc1. The average molecular weight is 847 g/mol. The Hall–Kier alpha value is -8.45. The lowest BCUT2D eigenvalue weighted by Gasteiger charge is -2.16. The number of nitrogens with zero attached hydrogens (tertiary/aromatic N) is 4. The van der Waals surface area contributed by atoms with Gasteiger partial charge in [-0.3, -0.25) is 0 Å². The summed E-state index contributed by atoms with van der Waals surface area (Å²) >= 11 is 1.79. The van der Waals surface area contributed by atoms with Crippen molar-refractivity contribution in [3.05, 3.63) is 206 Å². The minimum absolute atomic E-state index is 0.565. The van der Waals surface area contributed by atoms with E-state index in [1.165, 1.54) is 47.1 Å². The second-order valence-corrected chi connectivity index (χ2v) is 17.8. The van der Waals surface area contributed by atoms with Crippen LogP contribution in [0, 0.1) is 0 Å². The quantitative estimate of drug-likeness (QED) is 0.173. The van der Waals surface area contributed by atoms with Crippen LogP contribution in [0.1, 0.15) is 0 Å². The molecule has 65 heavy (non-hydrogen) atoms. The Morgan fingerprint density at radius 3 is 1.94 bits per heavy atom. The van der Waals surface area contributed by atoms with Crippen molar-refractivity contribution in [2.45, 2.75) is 0 Å². The lowest BCUT2D eigenvalue weighted by Crippen LogP contribution is -2.04. The van der Waals surface area contributed by atoms with Crippen LogP contribution < -0.4 is 0 Å². The van der Waals surface area contributed by atoms with Crippen molar-refractivity contribution in [2.75, 3.05) is 0 Å². The van der Waals surface area contributed by atoms with E-state index in [0.29, 0.717) is 17.5 Å². The molecule has 0 saturated heterocycles. The zero-order chi connectivity index (χ0) is 42.6. The van der Waals surface area contributed by atoms with E-state index < -0.39 is 0 Å². The zero-order valence-corrected chi connectivity index (χ0v) is 35.6. The number of thiophene rings is 1. The van der Waals surface area contributed by atoms with Gasteiger partial charge >= 0.3 is 0 Å². The third kappa shape index (κ3) is 5.54. The number of hydrogen-bond acceptors (Lipinski definition) is 5. The van der Waals surface area contributed by atoms with Crippen LogP contribution in [0.25, 0.3) is 136 Å². The van der Waals surface area contributed by atoms with E-state index in [0.717, 1.165) is 71.9 Å². The van der Waals surface area contributed by atoms with Gasteiger partial charge in [-0.1, -0.05) is 152 Å². The fraction of sp³-hybridized carbons (Fsp3) is 0. The summed E-state index contributed by atoms with van der Waals surface area (Å²) in [7, 11) is 0. The highest BCUT2D eigenvalue weighted by molar-refractivity contribution is 7.25. The Kier molecular flexibility index (Phi) is 7.79. The summed E-state index contributed by atoms with van der Waals surface area (Å²) in [6.07, 6.45) is 0. The first-order valence-electron chi connectivity index (χ1n) is 21.8. The van der Waals surface area contributed by atoms with Crippen molar-refractivity contribution in [3.8, 4) is 51.0 Å². The van der Waals surface area contributed by atoms with Crippen molar-refractivity contribution >= 4 is 96.8 Å². The van der Waals surface area contributed by atoms with Gasteiger partial charge in [-0.2, -0.15) is 0 Å². The van der Waals surface area contributed by atoms with Gasteiger partial charge in [0, 0.05) is 52.8 Å². The third-order valence-electron chi connectivity index (χ3n) is 13.0. The van der Waals surface area contributed by atoms with Crippen molar-refractivity contribution < 1.29 is 4.42 Å². The first-order chi connectivity index (χ1) is 32.2. The molecule has 0 amide bonds. The molecule has 0 atom stereocenters. The van der Waals surface area contributed by atoms with Gasteiger partial charge in [0.2, 0.25) is 0 Å². The van der Waals surface area contributed by atoms with Crippen LogP contribution in [0.3, 0.4) is 0 Å². The number of hydrogen-bond donors (Lipinski definition) is 0. The zero-order valence-electron chi connectivity index (χ0n) is 34.7. The monoisotopic (exact) mass is 846 g/mol. The molecule has 0 radical (unpaired) electrons. The fourth-order valence-corrected chi connectivity index (χ4v) is 11.2. The molecular weight excluding hydrogens is 813 g/mol. The fourth-order valence-electron chi connectivity index (χ4n) is 10.1. The number of fused-ring (bicyclic) bond motifs is 12. The molecule has 0 saturated carbocycles. The molecule has 0 N–H and O–H groups in total. The maximum absolute atomic E-state index is 6.69.